The first kappa shape index (κ1) is 10.2. The highest BCUT2D eigenvalue weighted by Crippen LogP contribution is 2.21. The maximum Gasteiger partial charge on any atom is 0.274 e. The molecule has 0 spiro atoms. The average molecular weight is 209 g/mol. The van der Waals surface area contributed by atoms with Crippen molar-refractivity contribution >= 4 is 28.2 Å². The van der Waals surface area contributed by atoms with Gasteiger partial charge in [-0.1, -0.05) is 0 Å². The first-order valence-electron chi connectivity index (χ1n) is 3.70. The Bertz CT molecular complexity index is 405. The molecule has 0 atom stereocenters. The third-order valence-corrected chi connectivity index (χ3v) is 2.30. The Labute approximate surface area is 84.3 Å². The molecule has 1 aromatic rings. The van der Waals surface area contributed by atoms with Gasteiger partial charge < -0.3 is 5.32 Å². The summed E-state index contributed by atoms with van der Waals surface area (Å²) in [6, 6.07) is 3.15. The molecule has 1 aromatic heterocycles. The topological polar surface area (TPSA) is 82.0 Å². The summed E-state index contributed by atoms with van der Waals surface area (Å²) in [5, 5.41) is 13.3. The Balaban J connectivity index is 2.73. The van der Waals surface area contributed by atoms with E-state index in [2.05, 4.69) is 5.32 Å². The van der Waals surface area contributed by atoms with Crippen LogP contribution in [0.15, 0.2) is 12.1 Å². The van der Waals surface area contributed by atoms with E-state index in [-0.39, 0.29) is 5.91 Å². The van der Waals surface area contributed by atoms with Gasteiger partial charge in [0.05, 0.1) is 9.88 Å². The lowest BCUT2D eigenvalue weighted by Crippen LogP contribution is -2.15. The number of nitriles is 1. The molecule has 0 aromatic carbocycles. The van der Waals surface area contributed by atoms with Gasteiger partial charge >= 0.3 is 0 Å². The number of nitrogens with one attached hydrogen (secondary N) is 2. The Morgan fingerprint density at radius 1 is 1.50 bits per heavy atom. The van der Waals surface area contributed by atoms with E-state index in [4.69, 9.17) is 5.26 Å². The van der Waals surface area contributed by atoms with Crippen molar-refractivity contribution in [2.24, 2.45) is 0 Å². The van der Waals surface area contributed by atoms with Crippen molar-refractivity contribution in [1.29, 1.82) is 5.26 Å². The van der Waals surface area contributed by atoms with Crippen LogP contribution in [0.5, 0.6) is 0 Å². The zero-order chi connectivity index (χ0) is 10.6. The molecule has 2 amide bonds. The predicted molar refractivity (Wildman–Crippen MR) is 51.7 cm³/mol. The quantitative estimate of drug-likeness (QED) is 0.561. The third kappa shape index (κ3) is 2.57. The highest BCUT2D eigenvalue weighted by molar-refractivity contribution is 7.18. The van der Waals surface area contributed by atoms with E-state index >= 15 is 0 Å². The van der Waals surface area contributed by atoms with Crippen LogP contribution in [0.2, 0.25) is 0 Å². The summed E-state index contributed by atoms with van der Waals surface area (Å²) in [5.41, 5.74) is 0. The molecule has 0 saturated carbocycles. The number of carbonyl (C=O) groups excluding carboxylic acids is 2. The minimum absolute atomic E-state index is 0.195. The van der Waals surface area contributed by atoms with Gasteiger partial charge in [-0.05, 0) is 12.1 Å². The standard InChI is InChI=1S/C8H7N3O2S/c1-5(12)11-7-3-2-6(14-7)8(13)10-4-9/h2-3H,1H3,(H,10,13)(H,11,12). The molecule has 0 aliphatic heterocycles. The van der Waals surface area contributed by atoms with E-state index in [0.717, 1.165) is 11.3 Å². The lowest BCUT2D eigenvalue weighted by atomic mass is 10.4. The Hall–Kier alpha value is -1.87. The van der Waals surface area contributed by atoms with Crippen LogP contribution in [0.3, 0.4) is 0 Å². The van der Waals surface area contributed by atoms with Gasteiger partial charge in [-0.25, -0.2) is 0 Å². The summed E-state index contributed by atoms with van der Waals surface area (Å²) in [7, 11) is 0. The molecule has 0 bridgehead atoms. The zero-order valence-corrected chi connectivity index (χ0v) is 8.14. The van der Waals surface area contributed by atoms with Crippen LogP contribution in [-0.2, 0) is 4.79 Å². The molecule has 72 valence electrons. The minimum Gasteiger partial charge on any atom is -0.318 e. The van der Waals surface area contributed by atoms with Crippen LogP contribution in [0.4, 0.5) is 5.00 Å². The van der Waals surface area contributed by atoms with Gasteiger partial charge in [0.25, 0.3) is 5.91 Å². The molecular weight excluding hydrogens is 202 g/mol. The maximum atomic E-state index is 11.1. The summed E-state index contributed by atoms with van der Waals surface area (Å²) in [4.78, 5) is 22.2. The number of amides is 2. The molecule has 2 N–H and O–H groups in total. The summed E-state index contributed by atoms with van der Waals surface area (Å²) in [5.74, 6) is -0.659. The summed E-state index contributed by atoms with van der Waals surface area (Å²) in [6.45, 7) is 1.38. The van der Waals surface area contributed by atoms with E-state index < -0.39 is 5.91 Å². The molecule has 0 radical (unpaired) electrons. The predicted octanol–water partition coefficient (Wildman–Crippen LogP) is 0.917. The third-order valence-electron chi connectivity index (χ3n) is 1.30. The highest BCUT2D eigenvalue weighted by Gasteiger charge is 2.08. The van der Waals surface area contributed by atoms with Crippen molar-refractivity contribution in [3.63, 3.8) is 0 Å². The lowest BCUT2D eigenvalue weighted by molar-refractivity contribution is -0.114. The van der Waals surface area contributed by atoms with Crippen LogP contribution >= 0.6 is 11.3 Å². The normalized spacial score (nSPS) is 8.86. The SMILES string of the molecule is CC(=O)Nc1ccc(C(=O)NC#N)s1. The average Bonchev–Trinajstić information content (AvgIpc) is 2.52. The molecule has 14 heavy (non-hydrogen) atoms. The first-order chi connectivity index (χ1) is 6.63. The van der Waals surface area contributed by atoms with Crippen LogP contribution in [0.25, 0.3) is 0 Å². The lowest BCUT2D eigenvalue weighted by Gasteiger charge is -1.94. The maximum absolute atomic E-state index is 11.1. The fraction of sp³-hybridized carbons (Fsp3) is 0.125. The molecular formula is C8H7N3O2S. The summed E-state index contributed by atoms with van der Waals surface area (Å²) in [6.07, 6.45) is 1.54. The molecule has 0 unspecified atom stereocenters. The molecule has 1 rings (SSSR count). The van der Waals surface area contributed by atoms with Gasteiger partial charge in [0.1, 0.15) is 0 Å². The molecule has 5 nitrogen and oxygen atoms in total. The van der Waals surface area contributed by atoms with Crippen LogP contribution in [-0.4, -0.2) is 11.8 Å². The number of anilines is 1. The summed E-state index contributed by atoms with van der Waals surface area (Å²) >= 11 is 1.11. The minimum atomic E-state index is -0.464. The highest BCUT2D eigenvalue weighted by atomic mass is 32.1. The first-order valence-corrected chi connectivity index (χ1v) is 4.52. The van der Waals surface area contributed by atoms with Gasteiger partial charge in [-0.15, -0.1) is 11.3 Å². The van der Waals surface area contributed by atoms with E-state index in [9.17, 15) is 9.59 Å². The zero-order valence-electron chi connectivity index (χ0n) is 7.33. The fourth-order valence-electron chi connectivity index (χ4n) is 0.813. The molecule has 0 saturated heterocycles. The molecule has 0 aliphatic carbocycles. The number of rotatable bonds is 2. The fourth-order valence-corrected chi connectivity index (χ4v) is 1.66. The van der Waals surface area contributed by atoms with Gasteiger partial charge in [-0.2, -0.15) is 5.26 Å². The van der Waals surface area contributed by atoms with E-state index in [1.807, 2.05) is 5.32 Å². The van der Waals surface area contributed by atoms with Crippen LogP contribution in [0.1, 0.15) is 16.6 Å². The van der Waals surface area contributed by atoms with Crippen molar-refractivity contribution in [3.05, 3.63) is 17.0 Å². The second-order valence-electron chi connectivity index (χ2n) is 2.41. The van der Waals surface area contributed by atoms with Crippen LogP contribution < -0.4 is 10.6 Å². The molecule has 6 heteroatoms. The summed E-state index contributed by atoms with van der Waals surface area (Å²) < 4.78 is 0. The van der Waals surface area contributed by atoms with Gasteiger partial charge in [0.2, 0.25) is 5.91 Å². The van der Waals surface area contributed by atoms with Crippen molar-refractivity contribution in [2.75, 3.05) is 5.32 Å². The number of hydrogen-bond donors (Lipinski definition) is 2. The Morgan fingerprint density at radius 2 is 2.21 bits per heavy atom. The monoisotopic (exact) mass is 209 g/mol. The van der Waals surface area contributed by atoms with Crippen molar-refractivity contribution < 1.29 is 9.59 Å². The molecule has 0 fully saturated rings. The van der Waals surface area contributed by atoms with E-state index in [0.29, 0.717) is 9.88 Å². The Morgan fingerprint density at radius 3 is 2.79 bits per heavy atom. The van der Waals surface area contributed by atoms with E-state index in [1.54, 1.807) is 12.1 Å². The largest absolute Gasteiger partial charge is 0.318 e. The Kier molecular flexibility index (Phi) is 3.20. The van der Waals surface area contributed by atoms with Gasteiger partial charge in [-0.3, -0.25) is 14.9 Å². The number of hydrogen-bond acceptors (Lipinski definition) is 4. The second-order valence-corrected chi connectivity index (χ2v) is 3.49. The number of carbonyl (C=O) groups is 2. The number of nitrogens with zero attached hydrogens (tertiary/aromatic N) is 1. The van der Waals surface area contributed by atoms with E-state index in [1.165, 1.54) is 13.1 Å². The van der Waals surface area contributed by atoms with Crippen molar-refractivity contribution in [1.82, 2.24) is 5.32 Å². The molecule has 1 heterocycles. The second kappa shape index (κ2) is 4.39. The smallest absolute Gasteiger partial charge is 0.274 e. The van der Waals surface area contributed by atoms with Crippen LogP contribution in [0, 0.1) is 11.5 Å². The van der Waals surface area contributed by atoms with Crippen molar-refractivity contribution in [3.8, 4) is 6.19 Å². The van der Waals surface area contributed by atoms with Gasteiger partial charge in [0.15, 0.2) is 6.19 Å². The van der Waals surface area contributed by atoms with Gasteiger partial charge in [0, 0.05) is 6.92 Å². The molecule has 0 aliphatic rings. The van der Waals surface area contributed by atoms with Crippen molar-refractivity contribution in [2.45, 2.75) is 6.92 Å². The number of thiophene rings is 1.